The van der Waals surface area contributed by atoms with Gasteiger partial charge in [0.2, 0.25) is 0 Å². The van der Waals surface area contributed by atoms with Crippen LogP contribution in [0, 0.1) is 0 Å². The standard InChI is InChI=1S/C12H20N4O/c1-17-8-7-16-10-11(9-14-16)15-12-5-3-2-4-6-13-12/h9-10H,2-8H2,1H3,(H,13,15). The Balaban J connectivity index is 1.89. The van der Waals surface area contributed by atoms with Crippen molar-refractivity contribution in [2.45, 2.75) is 32.2 Å². The third-order valence-electron chi connectivity index (χ3n) is 2.82. The molecular formula is C12H20N4O. The third kappa shape index (κ3) is 3.85. The minimum Gasteiger partial charge on any atom is -0.383 e. The molecule has 0 aromatic carbocycles. The van der Waals surface area contributed by atoms with Crippen LogP contribution in [0.3, 0.4) is 0 Å². The first kappa shape index (κ1) is 12.1. The van der Waals surface area contributed by atoms with Gasteiger partial charge in [-0.3, -0.25) is 9.67 Å². The van der Waals surface area contributed by atoms with Gasteiger partial charge in [-0.15, -0.1) is 0 Å². The van der Waals surface area contributed by atoms with E-state index >= 15 is 0 Å². The molecule has 0 bridgehead atoms. The molecule has 0 amide bonds. The van der Waals surface area contributed by atoms with Gasteiger partial charge >= 0.3 is 0 Å². The fourth-order valence-electron chi connectivity index (χ4n) is 1.88. The average molecular weight is 236 g/mol. The maximum Gasteiger partial charge on any atom is 0.101 e. The second kappa shape index (κ2) is 6.39. The number of rotatable bonds is 4. The van der Waals surface area contributed by atoms with Crippen LogP contribution >= 0.6 is 0 Å². The second-order valence-corrected chi connectivity index (χ2v) is 4.25. The smallest absolute Gasteiger partial charge is 0.101 e. The van der Waals surface area contributed by atoms with Gasteiger partial charge in [-0.2, -0.15) is 5.10 Å². The van der Waals surface area contributed by atoms with Crippen molar-refractivity contribution in [2.75, 3.05) is 25.6 Å². The number of amidine groups is 1. The summed E-state index contributed by atoms with van der Waals surface area (Å²) < 4.78 is 6.89. The minimum absolute atomic E-state index is 0.683. The monoisotopic (exact) mass is 236 g/mol. The Hall–Kier alpha value is -1.36. The number of anilines is 1. The molecule has 1 aliphatic heterocycles. The molecule has 0 fully saturated rings. The van der Waals surface area contributed by atoms with Crippen LogP contribution in [0.1, 0.15) is 25.7 Å². The zero-order valence-corrected chi connectivity index (χ0v) is 10.4. The second-order valence-electron chi connectivity index (χ2n) is 4.25. The molecule has 1 aliphatic rings. The van der Waals surface area contributed by atoms with Gasteiger partial charge in [0.25, 0.3) is 0 Å². The van der Waals surface area contributed by atoms with Crippen molar-refractivity contribution >= 4 is 11.5 Å². The van der Waals surface area contributed by atoms with Gasteiger partial charge in [-0.1, -0.05) is 6.42 Å². The molecule has 0 atom stereocenters. The van der Waals surface area contributed by atoms with Crippen molar-refractivity contribution < 1.29 is 4.74 Å². The van der Waals surface area contributed by atoms with Crippen LogP contribution in [-0.2, 0) is 11.3 Å². The van der Waals surface area contributed by atoms with Crippen molar-refractivity contribution in [3.63, 3.8) is 0 Å². The minimum atomic E-state index is 0.683. The first-order valence-corrected chi connectivity index (χ1v) is 6.20. The summed E-state index contributed by atoms with van der Waals surface area (Å²) in [5.41, 5.74) is 1.02. The van der Waals surface area contributed by atoms with Gasteiger partial charge in [0.15, 0.2) is 0 Å². The average Bonchev–Trinajstić information content (AvgIpc) is 2.61. The van der Waals surface area contributed by atoms with Gasteiger partial charge in [0.1, 0.15) is 5.84 Å². The van der Waals surface area contributed by atoms with Gasteiger partial charge in [-0.05, 0) is 12.8 Å². The molecule has 17 heavy (non-hydrogen) atoms. The van der Waals surface area contributed by atoms with Gasteiger partial charge in [0.05, 0.1) is 25.0 Å². The fourth-order valence-corrected chi connectivity index (χ4v) is 1.88. The Morgan fingerprint density at radius 1 is 1.41 bits per heavy atom. The van der Waals surface area contributed by atoms with E-state index in [9.17, 15) is 0 Å². The van der Waals surface area contributed by atoms with E-state index in [1.165, 1.54) is 19.3 Å². The maximum absolute atomic E-state index is 5.02. The molecule has 2 heterocycles. The Morgan fingerprint density at radius 2 is 2.35 bits per heavy atom. The highest BCUT2D eigenvalue weighted by Gasteiger charge is 2.05. The summed E-state index contributed by atoms with van der Waals surface area (Å²) in [4.78, 5) is 4.53. The zero-order chi connectivity index (χ0) is 11.9. The van der Waals surface area contributed by atoms with Crippen molar-refractivity contribution in [2.24, 2.45) is 4.99 Å². The molecule has 5 nitrogen and oxygen atoms in total. The van der Waals surface area contributed by atoms with Gasteiger partial charge < -0.3 is 10.1 Å². The van der Waals surface area contributed by atoms with E-state index in [0.29, 0.717) is 6.61 Å². The van der Waals surface area contributed by atoms with E-state index < -0.39 is 0 Å². The molecule has 0 radical (unpaired) electrons. The van der Waals surface area contributed by atoms with Gasteiger partial charge in [-0.25, -0.2) is 0 Å². The van der Waals surface area contributed by atoms with E-state index in [-0.39, 0.29) is 0 Å². The first-order chi connectivity index (χ1) is 8.38. The summed E-state index contributed by atoms with van der Waals surface area (Å²) in [6.45, 7) is 2.41. The number of methoxy groups -OCH3 is 1. The van der Waals surface area contributed by atoms with Crippen molar-refractivity contribution in [3.05, 3.63) is 12.4 Å². The number of aromatic nitrogens is 2. The molecule has 0 unspecified atom stereocenters. The lowest BCUT2D eigenvalue weighted by molar-refractivity contribution is 0.183. The molecule has 1 N–H and O–H groups in total. The van der Waals surface area contributed by atoms with E-state index in [1.54, 1.807) is 7.11 Å². The van der Waals surface area contributed by atoms with E-state index in [2.05, 4.69) is 15.4 Å². The number of nitrogens with zero attached hydrogens (tertiary/aromatic N) is 3. The predicted molar refractivity (Wildman–Crippen MR) is 68.5 cm³/mol. The number of hydrogen-bond acceptors (Lipinski definition) is 4. The van der Waals surface area contributed by atoms with Crippen LogP contribution in [0.15, 0.2) is 17.4 Å². The summed E-state index contributed by atoms with van der Waals surface area (Å²) in [5.74, 6) is 1.09. The molecule has 1 aromatic heterocycles. The van der Waals surface area contributed by atoms with Crippen LogP contribution in [-0.4, -0.2) is 35.9 Å². The van der Waals surface area contributed by atoms with Crippen LogP contribution in [0.25, 0.3) is 0 Å². The normalized spacial score (nSPS) is 16.4. The highest BCUT2D eigenvalue weighted by Crippen LogP contribution is 2.11. The summed E-state index contributed by atoms with van der Waals surface area (Å²) in [6.07, 6.45) is 8.59. The molecular weight excluding hydrogens is 216 g/mol. The Labute approximate surface area is 102 Å². The number of nitrogens with one attached hydrogen (secondary N) is 1. The zero-order valence-electron chi connectivity index (χ0n) is 10.4. The Bertz CT molecular complexity index is 372. The number of aliphatic imine (C=N–C) groups is 1. The summed E-state index contributed by atoms with van der Waals surface area (Å²) in [7, 11) is 1.70. The molecule has 0 spiro atoms. The fraction of sp³-hybridized carbons (Fsp3) is 0.667. The summed E-state index contributed by atoms with van der Waals surface area (Å²) in [6, 6.07) is 0. The molecule has 1 aromatic rings. The topological polar surface area (TPSA) is 51.4 Å². The largest absolute Gasteiger partial charge is 0.383 e. The van der Waals surface area contributed by atoms with E-state index in [0.717, 1.165) is 31.0 Å². The highest BCUT2D eigenvalue weighted by molar-refractivity contribution is 5.95. The third-order valence-corrected chi connectivity index (χ3v) is 2.82. The lowest BCUT2D eigenvalue weighted by Gasteiger charge is -2.05. The van der Waals surface area contributed by atoms with Crippen molar-refractivity contribution in [1.82, 2.24) is 9.78 Å². The summed E-state index contributed by atoms with van der Waals surface area (Å²) in [5, 5.41) is 7.61. The molecule has 94 valence electrons. The quantitative estimate of drug-likeness (QED) is 0.869. The number of hydrogen-bond donors (Lipinski definition) is 1. The predicted octanol–water partition coefficient (Wildman–Crippen LogP) is 1.91. The Morgan fingerprint density at radius 3 is 3.24 bits per heavy atom. The van der Waals surface area contributed by atoms with Crippen molar-refractivity contribution in [3.8, 4) is 0 Å². The lowest BCUT2D eigenvalue weighted by atomic mass is 10.2. The van der Waals surface area contributed by atoms with Gasteiger partial charge in [0, 0.05) is 26.3 Å². The molecule has 0 aliphatic carbocycles. The lowest BCUT2D eigenvalue weighted by Crippen LogP contribution is -2.11. The molecule has 5 heteroatoms. The van der Waals surface area contributed by atoms with E-state index in [4.69, 9.17) is 4.74 Å². The first-order valence-electron chi connectivity index (χ1n) is 6.20. The molecule has 0 saturated heterocycles. The maximum atomic E-state index is 5.02. The Kier molecular flexibility index (Phi) is 4.55. The van der Waals surface area contributed by atoms with E-state index in [1.807, 2.05) is 17.1 Å². The van der Waals surface area contributed by atoms with Crippen LogP contribution < -0.4 is 5.32 Å². The van der Waals surface area contributed by atoms with Crippen LogP contribution in [0.2, 0.25) is 0 Å². The van der Waals surface area contributed by atoms with Crippen LogP contribution in [0.5, 0.6) is 0 Å². The molecule has 0 saturated carbocycles. The molecule has 2 rings (SSSR count). The number of ether oxygens (including phenoxy) is 1. The SMILES string of the molecule is COCCn1cc(NC2=NCCCCC2)cn1. The highest BCUT2D eigenvalue weighted by atomic mass is 16.5. The van der Waals surface area contributed by atoms with Crippen molar-refractivity contribution in [1.29, 1.82) is 0 Å². The summed E-state index contributed by atoms with van der Waals surface area (Å²) >= 11 is 0. The van der Waals surface area contributed by atoms with Crippen LogP contribution in [0.4, 0.5) is 5.69 Å².